The quantitative estimate of drug-likeness (QED) is 0.391. The lowest BCUT2D eigenvalue weighted by Crippen LogP contribution is -2.37. The van der Waals surface area contributed by atoms with E-state index in [1.165, 1.54) is 12.8 Å². The second kappa shape index (κ2) is 9.82. The van der Waals surface area contributed by atoms with E-state index in [2.05, 4.69) is 29.5 Å². The van der Waals surface area contributed by atoms with Crippen molar-refractivity contribution in [2.24, 2.45) is 16.6 Å². The zero-order chi connectivity index (χ0) is 16.4. The summed E-state index contributed by atoms with van der Waals surface area (Å²) >= 11 is 0. The lowest BCUT2D eigenvalue weighted by atomic mass is 10.1. The smallest absolute Gasteiger partial charge is 0.248 e. The van der Waals surface area contributed by atoms with E-state index in [1.54, 1.807) is 19.2 Å². The van der Waals surface area contributed by atoms with Crippen molar-refractivity contribution >= 4 is 11.9 Å². The van der Waals surface area contributed by atoms with Gasteiger partial charge >= 0.3 is 0 Å². The fourth-order valence-corrected chi connectivity index (χ4v) is 2.13. The van der Waals surface area contributed by atoms with Crippen LogP contribution in [-0.2, 0) is 6.54 Å². The third kappa shape index (κ3) is 7.11. The van der Waals surface area contributed by atoms with Gasteiger partial charge in [0.1, 0.15) is 0 Å². The molecule has 1 rings (SSSR count). The highest BCUT2D eigenvalue weighted by Crippen LogP contribution is 2.05. The molecule has 0 spiro atoms. The Balaban J connectivity index is 2.35. The van der Waals surface area contributed by atoms with E-state index in [0.717, 1.165) is 30.4 Å². The minimum Gasteiger partial charge on any atom is -0.366 e. The molecule has 0 atom stereocenters. The molecule has 0 aliphatic rings. The number of primary amides is 1. The fourth-order valence-electron chi connectivity index (χ4n) is 2.13. The normalized spacial score (nSPS) is 11.5. The van der Waals surface area contributed by atoms with Crippen LogP contribution in [0.25, 0.3) is 0 Å². The highest BCUT2D eigenvalue weighted by molar-refractivity contribution is 5.92. The summed E-state index contributed by atoms with van der Waals surface area (Å²) in [7, 11) is 1.75. The number of aliphatic imine (C=N–C) groups is 1. The van der Waals surface area contributed by atoms with Crippen molar-refractivity contribution in [1.29, 1.82) is 0 Å². The van der Waals surface area contributed by atoms with Crippen LogP contribution in [0.4, 0.5) is 0 Å². The minimum absolute atomic E-state index is 0.408. The van der Waals surface area contributed by atoms with Gasteiger partial charge in [-0.05, 0) is 30.0 Å². The van der Waals surface area contributed by atoms with Crippen LogP contribution >= 0.6 is 0 Å². The fraction of sp³-hybridized carbons (Fsp3) is 0.529. The average Bonchev–Trinajstić information content (AvgIpc) is 2.50. The number of carbonyl (C=O) groups excluding carboxylic acids is 1. The van der Waals surface area contributed by atoms with Gasteiger partial charge in [-0.1, -0.05) is 38.8 Å². The van der Waals surface area contributed by atoms with Crippen LogP contribution in [0.2, 0.25) is 0 Å². The molecule has 0 saturated carbocycles. The Bertz CT molecular complexity index is 497. The number of nitrogens with two attached hydrogens (primary N) is 1. The molecule has 22 heavy (non-hydrogen) atoms. The number of unbranched alkanes of at least 4 members (excludes halogenated alkanes) is 1. The lowest BCUT2D eigenvalue weighted by molar-refractivity contribution is 0.1000. The molecule has 0 aliphatic heterocycles. The molecule has 0 saturated heterocycles. The first-order chi connectivity index (χ1) is 10.5. The highest BCUT2D eigenvalue weighted by Gasteiger charge is 2.02. The largest absolute Gasteiger partial charge is 0.366 e. The Morgan fingerprint density at radius 3 is 2.68 bits per heavy atom. The van der Waals surface area contributed by atoms with Crippen molar-refractivity contribution in [3.05, 3.63) is 35.4 Å². The summed E-state index contributed by atoms with van der Waals surface area (Å²) in [4.78, 5) is 15.4. The van der Waals surface area contributed by atoms with E-state index in [1.807, 2.05) is 12.1 Å². The third-order valence-electron chi connectivity index (χ3n) is 3.40. The lowest BCUT2D eigenvalue weighted by Gasteiger charge is -2.12. The topological polar surface area (TPSA) is 79.5 Å². The van der Waals surface area contributed by atoms with E-state index in [-0.39, 0.29) is 0 Å². The molecule has 122 valence electrons. The van der Waals surface area contributed by atoms with Gasteiger partial charge in [0.05, 0.1) is 0 Å². The highest BCUT2D eigenvalue weighted by atomic mass is 16.1. The zero-order valence-corrected chi connectivity index (χ0v) is 13.9. The van der Waals surface area contributed by atoms with Crippen LogP contribution in [0.1, 0.15) is 49.0 Å². The first kappa shape index (κ1) is 18.0. The van der Waals surface area contributed by atoms with Gasteiger partial charge < -0.3 is 16.4 Å². The monoisotopic (exact) mass is 304 g/mol. The van der Waals surface area contributed by atoms with E-state index in [4.69, 9.17) is 5.73 Å². The molecule has 0 bridgehead atoms. The van der Waals surface area contributed by atoms with E-state index in [0.29, 0.717) is 12.1 Å². The molecule has 0 radical (unpaired) electrons. The predicted molar refractivity (Wildman–Crippen MR) is 91.9 cm³/mol. The molecule has 1 aromatic carbocycles. The maximum atomic E-state index is 11.2. The second-order valence-electron chi connectivity index (χ2n) is 5.81. The Morgan fingerprint density at radius 1 is 1.27 bits per heavy atom. The van der Waals surface area contributed by atoms with Crippen molar-refractivity contribution in [2.75, 3.05) is 13.6 Å². The van der Waals surface area contributed by atoms with Gasteiger partial charge in [0.15, 0.2) is 5.96 Å². The second-order valence-corrected chi connectivity index (χ2v) is 5.81. The summed E-state index contributed by atoms with van der Waals surface area (Å²) in [5.41, 5.74) is 6.81. The molecule has 5 nitrogen and oxygen atoms in total. The van der Waals surface area contributed by atoms with Crippen LogP contribution < -0.4 is 16.4 Å². The van der Waals surface area contributed by atoms with Gasteiger partial charge in [0.2, 0.25) is 5.91 Å². The van der Waals surface area contributed by atoms with E-state index in [9.17, 15) is 4.79 Å². The summed E-state index contributed by atoms with van der Waals surface area (Å²) in [6.45, 7) is 6.00. The standard InChI is InChI=1S/C17H28N4O/c1-13(2)7-4-5-10-20-17(19-3)21-12-14-8-6-9-15(11-14)16(18)22/h6,8-9,11,13H,4-5,7,10,12H2,1-3H3,(H2,18,22)(H2,19,20,21). The van der Waals surface area contributed by atoms with Crippen LogP contribution in [0.15, 0.2) is 29.3 Å². The van der Waals surface area contributed by atoms with Crippen LogP contribution in [-0.4, -0.2) is 25.5 Å². The van der Waals surface area contributed by atoms with Gasteiger partial charge in [-0.15, -0.1) is 0 Å². The number of nitrogens with zero attached hydrogens (tertiary/aromatic N) is 1. The Hall–Kier alpha value is -2.04. The first-order valence-corrected chi connectivity index (χ1v) is 7.86. The van der Waals surface area contributed by atoms with Crippen molar-refractivity contribution in [3.63, 3.8) is 0 Å². The number of amides is 1. The molecule has 0 aliphatic carbocycles. The van der Waals surface area contributed by atoms with E-state index < -0.39 is 5.91 Å². The average molecular weight is 304 g/mol. The summed E-state index contributed by atoms with van der Waals surface area (Å²) in [6.07, 6.45) is 3.62. The predicted octanol–water partition coefficient (Wildman–Crippen LogP) is 2.28. The Kier molecular flexibility index (Phi) is 8.04. The van der Waals surface area contributed by atoms with Gasteiger partial charge in [0.25, 0.3) is 0 Å². The Labute approximate surface area is 133 Å². The Morgan fingerprint density at radius 2 is 2.05 bits per heavy atom. The summed E-state index contributed by atoms with van der Waals surface area (Å²) in [5, 5.41) is 6.54. The number of rotatable bonds is 8. The molecule has 0 fully saturated rings. The molecule has 1 amide bonds. The first-order valence-electron chi connectivity index (χ1n) is 7.86. The van der Waals surface area contributed by atoms with Gasteiger partial charge in [0, 0.05) is 25.7 Å². The molecule has 0 heterocycles. The van der Waals surface area contributed by atoms with Crippen LogP contribution in [0.3, 0.4) is 0 Å². The van der Waals surface area contributed by atoms with Gasteiger partial charge in [-0.3, -0.25) is 9.79 Å². The molecular formula is C17H28N4O. The maximum Gasteiger partial charge on any atom is 0.248 e. The van der Waals surface area contributed by atoms with Gasteiger partial charge in [-0.2, -0.15) is 0 Å². The summed E-state index contributed by atoms with van der Waals surface area (Å²) < 4.78 is 0. The minimum atomic E-state index is -0.408. The summed E-state index contributed by atoms with van der Waals surface area (Å²) in [6, 6.07) is 7.30. The zero-order valence-electron chi connectivity index (χ0n) is 13.9. The molecular weight excluding hydrogens is 276 g/mol. The summed E-state index contributed by atoms with van der Waals surface area (Å²) in [5.74, 6) is 1.12. The third-order valence-corrected chi connectivity index (χ3v) is 3.40. The number of carbonyl (C=O) groups is 1. The van der Waals surface area contributed by atoms with Crippen LogP contribution in [0.5, 0.6) is 0 Å². The van der Waals surface area contributed by atoms with Crippen molar-refractivity contribution in [1.82, 2.24) is 10.6 Å². The maximum absolute atomic E-state index is 11.2. The number of benzene rings is 1. The van der Waals surface area contributed by atoms with E-state index >= 15 is 0 Å². The number of hydrogen-bond donors (Lipinski definition) is 3. The molecule has 4 N–H and O–H groups in total. The van der Waals surface area contributed by atoms with Crippen molar-refractivity contribution in [2.45, 2.75) is 39.7 Å². The van der Waals surface area contributed by atoms with Crippen molar-refractivity contribution in [3.8, 4) is 0 Å². The molecule has 0 aromatic heterocycles. The number of guanidine groups is 1. The number of hydrogen-bond acceptors (Lipinski definition) is 2. The molecule has 1 aromatic rings. The molecule has 0 unspecified atom stereocenters. The van der Waals surface area contributed by atoms with Crippen LogP contribution in [0, 0.1) is 5.92 Å². The van der Waals surface area contributed by atoms with Crippen molar-refractivity contribution < 1.29 is 4.79 Å². The van der Waals surface area contributed by atoms with Gasteiger partial charge in [-0.25, -0.2) is 0 Å². The SMILES string of the molecule is CN=C(NCCCCC(C)C)NCc1cccc(C(N)=O)c1. The molecule has 5 heteroatoms. The number of nitrogens with one attached hydrogen (secondary N) is 2.